The van der Waals surface area contributed by atoms with Gasteiger partial charge in [0.2, 0.25) is 0 Å². The lowest BCUT2D eigenvalue weighted by Gasteiger charge is -2.12. The number of primary amides is 1. The number of rotatable bonds is 2. The Balaban J connectivity index is 0.00000176. The number of nitrogens with two attached hydrogens (primary N) is 1. The Morgan fingerprint density at radius 1 is 1.27 bits per heavy atom. The van der Waals surface area contributed by atoms with Crippen molar-refractivity contribution < 1.29 is 14.4 Å². The zero-order valence-corrected chi connectivity index (χ0v) is 12.1. The van der Waals surface area contributed by atoms with Gasteiger partial charge in [0.25, 0.3) is 5.91 Å². The zero-order valence-electron chi connectivity index (χ0n) is 10.6. The molecule has 2 N–H and O–H groups in total. The maximum Gasteiger partial charge on any atom is 0.326 e. The molecule has 1 aliphatic rings. The van der Waals surface area contributed by atoms with E-state index in [2.05, 4.69) is 0 Å². The molecule has 1 aliphatic heterocycles. The van der Waals surface area contributed by atoms with Gasteiger partial charge < -0.3 is 5.73 Å². The fraction of sp³-hybridized carbons (Fsp3) is 0.0714. The topological polar surface area (TPSA) is 80.5 Å². The Morgan fingerprint density at radius 3 is 2.59 bits per heavy atom. The first-order chi connectivity index (χ1) is 10.0. The van der Waals surface area contributed by atoms with Gasteiger partial charge in [0, 0.05) is 5.02 Å². The van der Waals surface area contributed by atoms with Crippen LogP contribution in [0.2, 0.25) is 5.02 Å². The molecular formula is C14H11ClMgN2O3S. The molecule has 0 saturated heterocycles. The van der Waals surface area contributed by atoms with Crippen molar-refractivity contribution in [3.05, 3.63) is 51.2 Å². The Bertz CT molecular complexity index is 763. The van der Waals surface area contributed by atoms with Crippen LogP contribution in [-0.4, -0.2) is 40.8 Å². The number of nitrogens with zero attached hydrogens (tertiary/aromatic N) is 1. The Labute approximate surface area is 151 Å². The van der Waals surface area contributed by atoms with Crippen molar-refractivity contribution in [1.29, 1.82) is 0 Å². The van der Waals surface area contributed by atoms with Crippen molar-refractivity contribution in [2.24, 2.45) is 5.73 Å². The molecule has 1 atom stereocenters. The third-order valence-electron chi connectivity index (χ3n) is 3.26. The fourth-order valence-electron chi connectivity index (χ4n) is 2.38. The van der Waals surface area contributed by atoms with Crippen LogP contribution >= 0.6 is 22.9 Å². The van der Waals surface area contributed by atoms with E-state index < -0.39 is 17.9 Å². The number of thiophene rings is 1. The molecule has 0 bridgehead atoms. The van der Waals surface area contributed by atoms with Crippen molar-refractivity contribution in [3.63, 3.8) is 0 Å². The first-order valence-corrected chi connectivity index (χ1v) is 7.27. The van der Waals surface area contributed by atoms with E-state index in [1.807, 2.05) is 0 Å². The Kier molecular flexibility index (Phi) is 4.91. The van der Waals surface area contributed by atoms with Crippen LogP contribution in [-0.2, 0) is 4.79 Å². The Morgan fingerprint density at radius 2 is 2.00 bits per heavy atom. The van der Waals surface area contributed by atoms with E-state index in [1.165, 1.54) is 23.5 Å². The molecule has 22 heavy (non-hydrogen) atoms. The minimum atomic E-state index is -1.08. The van der Waals surface area contributed by atoms with Gasteiger partial charge in [-0.05, 0) is 35.2 Å². The second-order valence-electron chi connectivity index (χ2n) is 4.49. The summed E-state index contributed by atoms with van der Waals surface area (Å²) in [4.78, 5) is 37.7. The van der Waals surface area contributed by atoms with Crippen LogP contribution in [0.3, 0.4) is 0 Å². The second kappa shape index (κ2) is 6.37. The van der Waals surface area contributed by atoms with E-state index in [0.717, 1.165) is 4.90 Å². The normalized spacial score (nSPS) is 16.1. The molecule has 2 heterocycles. The summed E-state index contributed by atoms with van der Waals surface area (Å²) in [5.74, 6) is -2.08. The lowest BCUT2D eigenvalue weighted by atomic mass is 9.95. The number of hydrogen-bond acceptors (Lipinski definition) is 4. The van der Waals surface area contributed by atoms with Crippen molar-refractivity contribution >= 4 is 69.4 Å². The maximum atomic E-state index is 12.5. The first kappa shape index (κ1) is 16.9. The summed E-state index contributed by atoms with van der Waals surface area (Å²) in [6, 6.07) is 7.03. The summed E-state index contributed by atoms with van der Waals surface area (Å²) < 4.78 is 0. The number of fused-ring (bicyclic) bond motifs is 1. The summed E-state index contributed by atoms with van der Waals surface area (Å²) in [6.45, 7) is 0. The maximum absolute atomic E-state index is 12.5. The highest BCUT2D eigenvalue weighted by Crippen LogP contribution is 2.40. The number of carbonyl (C=O) groups excluding carboxylic acids is 3. The molecule has 110 valence electrons. The van der Waals surface area contributed by atoms with E-state index in [0.29, 0.717) is 21.2 Å². The zero-order chi connectivity index (χ0) is 15.1. The number of hydrogen-bond donors (Lipinski definition) is 1. The van der Waals surface area contributed by atoms with Gasteiger partial charge in [0.15, 0.2) is 5.78 Å². The third kappa shape index (κ3) is 2.65. The number of ketones is 1. The van der Waals surface area contributed by atoms with Gasteiger partial charge in [-0.1, -0.05) is 17.7 Å². The number of imide groups is 1. The smallest absolute Gasteiger partial charge is 0.326 e. The van der Waals surface area contributed by atoms with Gasteiger partial charge in [-0.25, -0.2) is 9.69 Å². The number of halogens is 1. The molecule has 1 aromatic carbocycles. The number of amides is 3. The molecular weight excluding hydrogens is 336 g/mol. The SMILES string of the molecule is NC(=O)N1C(=O)C(C(=O)c2cccs2)c2cc(Cl)ccc21.[MgH2]. The van der Waals surface area contributed by atoms with E-state index in [9.17, 15) is 14.4 Å². The van der Waals surface area contributed by atoms with Gasteiger partial charge >= 0.3 is 29.1 Å². The number of benzene rings is 1. The van der Waals surface area contributed by atoms with Gasteiger partial charge in [0.1, 0.15) is 5.92 Å². The van der Waals surface area contributed by atoms with Crippen molar-refractivity contribution in [2.45, 2.75) is 5.92 Å². The van der Waals surface area contributed by atoms with Gasteiger partial charge in [-0.15, -0.1) is 11.3 Å². The average Bonchev–Trinajstić information content (AvgIpc) is 3.03. The molecule has 3 amide bonds. The van der Waals surface area contributed by atoms with Crippen molar-refractivity contribution in [1.82, 2.24) is 0 Å². The minimum Gasteiger partial charge on any atom is -0.351 e. The molecule has 0 fully saturated rings. The molecule has 8 heteroatoms. The molecule has 0 radical (unpaired) electrons. The van der Waals surface area contributed by atoms with Gasteiger partial charge in [-0.3, -0.25) is 9.59 Å². The van der Waals surface area contributed by atoms with Crippen LogP contribution in [0.4, 0.5) is 10.5 Å². The first-order valence-electron chi connectivity index (χ1n) is 6.01. The lowest BCUT2D eigenvalue weighted by molar-refractivity contribution is -0.117. The van der Waals surface area contributed by atoms with Gasteiger partial charge in [-0.2, -0.15) is 0 Å². The molecule has 1 aromatic heterocycles. The summed E-state index contributed by atoms with van der Waals surface area (Å²) in [6.07, 6.45) is 0. The molecule has 0 saturated carbocycles. The number of carbonyl (C=O) groups is 3. The average molecular weight is 347 g/mol. The van der Waals surface area contributed by atoms with Crippen LogP contribution in [0, 0.1) is 0 Å². The monoisotopic (exact) mass is 346 g/mol. The molecule has 3 rings (SSSR count). The Hall–Kier alpha value is -1.41. The van der Waals surface area contributed by atoms with E-state index in [1.54, 1.807) is 23.6 Å². The molecule has 5 nitrogen and oxygen atoms in total. The molecule has 0 aliphatic carbocycles. The largest absolute Gasteiger partial charge is 0.351 e. The number of anilines is 1. The van der Waals surface area contributed by atoms with E-state index in [4.69, 9.17) is 17.3 Å². The van der Waals surface area contributed by atoms with E-state index >= 15 is 0 Å². The van der Waals surface area contributed by atoms with Gasteiger partial charge in [0.05, 0.1) is 10.6 Å². The highest BCUT2D eigenvalue weighted by atomic mass is 35.5. The number of Topliss-reactive ketones (excluding diaryl/α,β-unsaturated/α-hetero) is 1. The van der Waals surface area contributed by atoms with Crippen LogP contribution in [0.25, 0.3) is 0 Å². The van der Waals surface area contributed by atoms with Crippen LogP contribution in [0.5, 0.6) is 0 Å². The highest BCUT2D eigenvalue weighted by Gasteiger charge is 2.44. The summed E-state index contributed by atoms with van der Waals surface area (Å²) in [5.41, 5.74) is 5.97. The molecule has 1 unspecified atom stereocenters. The van der Waals surface area contributed by atoms with Crippen LogP contribution in [0.15, 0.2) is 35.7 Å². The predicted molar refractivity (Wildman–Crippen MR) is 88.5 cm³/mol. The van der Waals surface area contributed by atoms with Crippen molar-refractivity contribution in [3.8, 4) is 0 Å². The molecule has 2 aromatic rings. The van der Waals surface area contributed by atoms with E-state index in [-0.39, 0.29) is 28.8 Å². The summed E-state index contributed by atoms with van der Waals surface area (Å²) in [5, 5.41) is 2.13. The predicted octanol–water partition coefficient (Wildman–Crippen LogP) is 1.88. The number of urea groups is 1. The molecule has 0 spiro atoms. The fourth-order valence-corrected chi connectivity index (χ4v) is 3.26. The third-order valence-corrected chi connectivity index (χ3v) is 4.37. The standard InChI is InChI=1S/C14H9ClN2O3S.Mg.2H/c15-7-3-4-9-8(6-7)11(13(19)17(9)14(16)20)12(18)10-2-1-5-21-10;;;/h1-6,11H,(H2,16,20);;;. The minimum absolute atomic E-state index is 0. The highest BCUT2D eigenvalue weighted by molar-refractivity contribution is 7.12. The van der Waals surface area contributed by atoms with Crippen molar-refractivity contribution in [2.75, 3.05) is 4.90 Å². The second-order valence-corrected chi connectivity index (χ2v) is 5.87. The summed E-state index contributed by atoms with van der Waals surface area (Å²) >= 11 is 7.18. The lowest BCUT2D eigenvalue weighted by Crippen LogP contribution is -2.40. The summed E-state index contributed by atoms with van der Waals surface area (Å²) in [7, 11) is 0. The van der Waals surface area contributed by atoms with Crippen LogP contribution in [0.1, 0.15) is 21.2 Å². The van der Waals surface area contributed by atoms with Crippen LogP contribution < -0.4 is 10.6 Å². The quantitative estimate of drug-likeness (QED) is 0.512.